The van der Waals surface area contributed by atoms with E-state index in [2.05, 4.69) is 18.8 Å². The molecule has 0 spiro atoms. The first-order valence-electron chi connectivity index (χ1n) is 6.47. The van der Waals surface area contributed by atoms with Crippen LogP contribution in [-0.4, -0.2) is 25.6 Å². The van der Waals surface area contributed by atoms with Crippen LogP contribution >= 0.6 is 0 Å². The normalized spacial score (nSPS) is 21.4. The highest BCUT2D eigenvalue weighted by atomic mass is 16.5. The van der Waals surface area contributed by atoms with Crippen LogP contribution in [0, 0.1) is 11.8 Å². The van der Waals surface area contributed by atoms with Gasteiger partial charge in [-0.05, 0) is 18.8 Å². The van der Waals surface area contributed by atoms with Crippen molar-refractivity contribution in [3.05, 3.63) is 0 Å². The maximum atomic E-state index is 6.11. The van der Waals surface area contributed by atoms with Crippen LogP contribution in [0.4, 0.5) is 0 Å². The number of ether oxygens (including phenoxy) is 1. The Morgan fingerprint density at radius 1 is 1.31 bits per heavy atom. The van der Waals surface area contributed by atoms with Crippen LogP contribution in [-0.2, 0) is 4.74 Å². The van der Waals surface area contributed by atoms with Gasteiger partial charge < -0.3 is 10.5 Å². The minimum Gasteiger partial charge on any atom is -0.387 e. The summed E-state index contributed by atoms with van der Waals surface area (Å²) in [5.41, 5.74) is 6.11. The lowest BCUT2D eigenvalue weighted by Gasteiger charge is -2.23. The smallest absolute Gasteiger partial charge is 0.0973 e. The van der Waals surface area contributed by atoms with Gasteiger partial charge in [-0.25, -0.2) is 0 Å². The molecule has 1 atom stereocenters. The summed E-state index contributed by atoms with van der Waals surface area (Å²) in [7, 11) is 1.72. The number of hydrogen-bond donors (Lipinski definition) is 1. The van der Waals surface area contributed by atoms with E-state index in [1.165, 1.54) is 32.1 Å². The van der Waals surface area contributed by atoms with Crippen LogP contribution in [0.25, 0.3) is 0 Å². The largest absolute Gasteiger partial charge is 0.387 e. The van der Waals surface area contributed by atoms with Gasteiger partial charge in [0.15, 0.2) is 0 Å². The van der Waals surface area contributed by atoms with Crippen molar-refractivity contribution in [2.24, 2.45) is 22.6 Å². The molecular weight excluding hydrogens is 200 g/mol. The van der Waals surface area contributed by atoms with Crippen molar-refractivity contribution in [1.82, 2.24) is 0 Å². The number of rotatable bonds is 5. The molecule has 1 aliphatic rings. The Kier molecular flexibility index (Phi) is 5.81. The summed E-state index contributed by atoms with van der Waals surface area (Å²) in [6.07, 6.45) is 6.39. The van der Waals surface area contributed by atoms with Gasteiger partial charge in [0, 0.05) is 13.0 Å². The summed E-state index contributed by atoms with van der Waals surface area (Å²) in [6, 6.07) is 0.215. The fourth-order valence-corrected chi connectivity index (χ4v) is 2.24. The first-order valence-corrected chi connectivity index (χ1v) is 6.47. The molecule has 0 bridgehead atoms. The lowest BCUT2D eigenvalue weighted by atomic mass is 9.88. The van der Waals surface area contributed by atoms with Gasteiger partial charge in [0.05, 0.1) is 18.5 Å². The van der Waals surface area contributed by atoms with Crippen LogP contribution in [0.2, 0.25) is 0 Å². The summed E-state index contributed by atoms with van der Waals surface area (Å²) in [5.74, 6) is 1.87. The molecule has 1 saturated carbocycles. The molecule has 0 radical (unpaired) electrons. The zero-order chi connectivity index (χ0) is 12.0. The molecule has 1 fully saturated rings. The second-order valence-corrected chi connectivity index (χ2v) is 5.16. The molecule has 0 aliphatic heterocycles. The minimum atomic E-state index is 0.215. The molecule has 0 heterocycles. The Labute approximate surface area is 99.5 Å². The van der Waals surface area contributed by atoms with Gasteiger partial charge in [0.2, 0.25) is 0 Å². The van der Waals surface area contributed by atoms with Crippen molar-refractivity contribution in [1.29, 1.82) is 0 Å². The lowest BCUT2D eigenvalue weighted by Crippen LogP contribution is -2.30. The van der Waals surface area contributed by atoms with Gasteiger partial charge in [0.1, 0.15) is 0 Å². The third-order valence-corrected chi connectivity index (χ3v) is 3.45. The Morgan fingerprint density at radius 2 is 1.94 bits per heavy atom. The van der Waals surface area contributed by atoms with Crippen molar-refractivity contribution in [2.45, 2.75) is 52.0 Å². The molecule has 3 nitrogen and oxygen atoms in total. The van der Waals surface area contributed by atoms with E-state index in [9.17, 15) is 0 Å². The summed E-state index contributed by atoms with van der Waals surface area (Å²) < 4.78 is 5.19. The summed E-state index contributed by atoms with van der Waals surface area (Å²) >= 11 is 0. The summed E-state index contributed by atoms with van der Waals surface area (Å²) in [5, 5.41) is 0. The molecule has 0 aromatic rings. The third kappa shape index (κ3) is 4.12. The third-order valence-electron chi connectivity index (χ3n) is 3.45. The molecule has 0 aromatic heterocycles. The number of nitrogens with two attached hydrogens (primary N) is 1. The number of hydrogen-bond acceptors (Lipinski definition) is 2. The van der Waals surface area contributed by atoms with E-state index in [4.69, 9.17) is 10.5 Å². The second-order valence-electron chi connectivity index (χ2n) is 5.16. The topological polar surface area (TPSA) is 47.6 Å². The first-order chi connectivity index (χ1) is 7.65. The van der Waals surface area contributed by atoms with Gasteiger partial charge in [-0.2, -0.15) is 0 Å². The molecule has 0 aromatic carbocycles. The average Bonchev–Trinajstić information content (AvgIpc) is 2.29. The Morgan fingerprint density at radius 3 is 2.44 bits per heavy atom. The van der Waals surface area contributed by atoms with Gasteiger partial charge in [-0.3, -0.25) is 4.99 Å². The van der Waals surface area contributed by atoms with E-state index in [1.54, 1.807) is 7.11 Å². The Bertz CT molecular complexity index is 220. The SMILES string of the molecule is COCC(N=C(N)C1CCCCC1)C(C)C. The van der Waals surface area contributed by atoms with Crippen LogP contribution in [0.5, 0.6) is 0 Å². The summed E-state index contributed by atoms with van der Waals surface area (Å²) in [6.45, 7) is 5.01. The molecule has 16 heavy (non-hydrogen) atoms. The fraction of sp³-hybridized carbons (Fsp3) is 0.923. The van der Waals surface area contributed by atoms with E-state index in [0.717, 1.165) is 5.84 Å². The quantitative estimate of drug-likeness (QED) is 0.578. The van der Waals surface area contributed by atoms with Crippen LogP contribution in [0.15, 0.2) is 4.99 Å². The molecule has 1 aliphatic carbocycles. The van der Waals surface area contributed by atoms with Crippen molar-refractivity contribution < 1.29 is 4.74 Å². The molecular formula is C13H26N2O. The molecule has 94 valence electrons. The second kappa shape index (κ2) is 6.89. The van der Waals surface area contributed by atoms with Crippen molar-refractivity contribution in [3.63, 3.8) is 0 Å². The maximum Gasteiger partial charge on any atom is 0.0973 e. The van der Waals surface area contributed by atoms with Crippen molar-refractivity contribution in [2.75, 3.05) is 13.7 Å². The van der Waals surface area contributed by atoms with Gasteiger partial charge >= 0.3 is 0 Å². The molecule has 3 heteroatoms. The van der Waals surface area contributed by atoms with E-state index in [-0.39, 0.29) is 6.04 Å². The van der Waals surface area contributed by atoms with Crippen molar-refractivity contribution in [3.8, 4) is 0 Å². The van der Waals surface area contributed by atoms with E-state index in [1.807, 2.05) is 0 Å². The number of nitrogens with zero attached hydrogens (tertiary/aromatic N) is 1. The van der Waals surface area contributed by atoms with Gasteiger partial charge in [-0.15, -0.1) is 0 Å². The van der Waals surface area contributed by atoms with Gasteiger partial charge in [0.25, 0.3) is 0 Å². The standard InChI is InChI=1S/C13H26N2O/c1-10(2)12(9-16-3)15-13(14)11-7-5-4-6-8-11/h10-12H,4-9H2,1-3H3,(H2,14,15). The van der Waals surface area contributed by atoms with Crippen LogP contribution < -0.4 is 5.73 Å². The molecule has 1 rings (SSSR count). The predicted octanol–water partition coefficient (Wildman–Crippen LogP) is 2.59. The molecule has 1 unspecified atom stereocenters. The Balaban J connectivity index is 2.56. The highest BCUT2D eigenvalue weighted by Gasteiger charge is 2.19. The van der Waals surface area contributed by atoms with Crippen LogP contribution in [0.1, 0.15) is 46.0 Å². The van der Waals surface area contributed by atoms with Crippen LogP contribution in [0.3, 0.4) is 0 Å². The minimum absolute atomic E-state index is 0.215. The fourth-order valence-electron chi connectivity index (χ4n) is 2.24. The maximum absolute atomic E-state index is 6.11. The zero-order valence-electron chi connectivity index (χ0n) is 10.9. The predicted molar refractivity (Wildman–Crippen MR) is 68.7 cm³/mol. The van der Waals surface area contributed by atoms with E-state index < -0.39 is 0 Å². The molecule has 0 amide bonds. The highest BCUT2D eigenvalue weighted by Crippen LogP contribution is 2.24. The average molecular weight is 226 g/mol. The lowest BCUT2D eigenvalue weighted by molar-refractivity contribution is 0.164. The van der Waals surface area contributed by atoms with Crippen molar-refractivity contribution >= 4 is 5.84 Å². The highest BCUT2D eigenvalue weighted by molar-refractivity contribution is 5.83. The van der Waals surface area contributed by atoms with E-state index in [0.29, 0.717) is 18.4 Å². The number of methoxy groups -OCH3 is 1. The number of amidine groups is 1. The molecule has 2 N–H and O–H groups in total. The Hall–Kier alpha value is -0.570. The summed E-state index contributed by atoms with van der Waals surface area (Å²) in [4.78, 5) is 4.66. The van der Waals surface area contributed by atoms with E-state index >= 15 is 0 Å². The molecule has 0 saturated heterocycles. The number of aliphatic imine (C=N–C) groups is 1. The van der Waals surface area contributed by atoms with Gasteiger partial charge in [-0.1, -0.05) is 33.1 Å². The first kappa shape index (κ1) is 13.5. The monoisotopic (exact) mass is 226 g/mol. The zero-order valence-corrected chi connectivity index (χ0v) is 10.9.